The Morgan fingerprint density at radius 2 is 2.18 bits per heavy atom. The number of rotatable bonds is 1. The Bertz CT molecular complexity index is 168. The topological polar surface area (TPSA) is 24.5 Å². The van der Waals surface area contributed by atoms with E-state index in [1.807, 2.05) is 0 Å². The smallest absolute Gasteiger partial charge is 0.361 e. The summed E-state index contributed by atoms with van der Waals surface area (Å²) in [5.74, 6) is 0. The molecule has 0 amide bonds. The number of hydrogen-bond donors (Lipinski definition) is 1. The maximum atomic E-state index is 11.8. The molecular formula is C5H7F3N2O. The molecule has 0 aromatic heterocycles. The van der Waals surface area contributed by atoms with E-state index < -0.39 is 12.5 Å². The van der Waals surface area contributed by atoms with Gasteiger partial charge in [0.1, 0.15) is 6.23 Å². The summed E-state index contributed by atoms with van der Waals surface area (Å²) in [6.07, 6.45) is -2.91. The lowest BCUT2D eigenvalue weighted by Crippen LogP contribution is -2.44. The fourth-order valence-corrected chi connectivity index (χ4v) is 0.676. The molecule has 0 spiro atoms. The van der Waals surface area contributed by atoms with Crippen LogP contribution in [0.2, 0.25) is 0 Å². The predicted molar refractivity (Wildman–Crippen MR) is 31.0 cm³/mol. The number of halogens is 3. The van der Waals surface area contributed by atoms with Gasteiger partial charge in [-0.3, -0.25) is 0 Å². The summed E-state index contributed by atoms with van der Waals surface area (Å²) in [5, 5.41) is 0.0428. The van der Waals surface area contributed by atoms with Crippen LogP contribution in [0.25, 0.3) is 0 Å². The van der Waals surface area contributed by atoms with Crippen LogP contribution >= 0.6 is 0 Å². The van der Waals surface area contributed by atoms with Gasteiger partial charge in [0.15, 0.2) is 0 Å². The quantitative estimate of drug-likeness (QED) is 0.586. The van der Waals surface area contributed by atoms with Gasteiger partial charge in [-0.1, -0.05) is 0 Å². The molecule has 0 saturated heterocycles. The molecule has 0 aliphatic carbocycles. The second-order valence-corrected chi connectivity index (χ2v) is 1.96. The Balaban J connectivity index is 2.50. The predicted octanol–water partition coefficient (Wildman–Crippen LogP) is 0.813. The van der Waals surface area contributed by atoms with Crippen molar-refractivity contribution in [2.24, 2.45) is 0 Å². The van der Waals surface area contributed by atoms with E-state index in [1.54, 1.807) is 0 Å². The van der Waals surface area contributed by atoms with Crippen molar-refractivity contribution < 1.29 is 17.9 Å². The minimum absolute atomic E-state index is 0.0428. The van der Waals surface area contributed by atoms with Gasteiger partial charge in [-0.15, -0.1) is 13.2 Å². The third kappa shape index (κ3) is 1.84. The molecule has 1 unspecified atom stereocenters. The van der Waals surface area contributed by atoms with Crippen LogP contribution in [0.5, 0.6) is 0 Å². The third-order valence-corrected chi connectivity index (χ3v) is 1.20. The van der Waals surface area contributed by atoms with Gasteiger partial charge < -0.3 is 4.74 Å². The number of ether oxygens (including phenoxy) is 1. The van der Waals surface area contributed by atoms with Gasteiger partial charge in [-0.2, -0.15) is 5.43 Å². The molecule has 0 radical (unpaired) electrons. The molecule has 3 nitrogen and oxygen atoms in total. The van der Waals surface area contributed by atoms with Crippen molar-refractivity contribution in [1.29, 1.82) is 0 Å². The Morgan fingerprint density at radius 3 is 2.45 bits per heavy atom. The van der Waals surface area contributed by atoms with Crippen molar-refractivity contribution in [2.45, 2.75) is 12.5 Å². The first-order valence-corrected chi connectivity index (χ1v) is 2.87. The maximum Gasteiger partial charge on any atom is 0.498 e. The summed E-state index contributed by atoms with van der Waals surface area (Å²) < 4.78 is 40.1. The van der Waals surface area contributed by atoms with E-state index in [1.165, 1.54) is 13.2 Å². The Labute approximate surface area is 61.4 Å². The number of hydrogen-bond acceptors (Lipinski definition) is 3. The van der Waals surface area contributed by atoms with Crippen molar-refractivity contribution in [3.63, 3.8) is 0 Å². The normalized spacial score (nSPS) is 24.7. The highest BCUT2D eigenvalue weighted by molar-refractivity contribution is 4.94. The molecule has 1 aliphatic rings. The van der Waals surface area contributed by atoms with Crippen molar-refractivity contribution >= 4 is 0 Å². The van der Waals surface area contributed by atoms with E-state index in [2.05, 4.69) is 10.2 Å². The van der Waals surface area contributed by atoms with Gasteiger partial charge >= 0.3 is 6.30 Å². The molecular weight excluding hydrogens is 161 g/mol. The van der Waals surface area contributed by atoms with Crippen LogP contribution in [-0.4, -0.2) is 24.6 Å². The van der Waals surface area contributed by atoms with Gasteiger partial charge in [0.2, 0.25) is 0 Å². The van der Waals surface area contributed by atoms with Gasteiger partial charge in [0.05, 0.1) is 0 Å². The van der Waals surface area contributed by atoms with Gasteiger partial charge in [0, 0.05) is 13.3 Å². The molecule has 0 bridgehead atoms. The molecule has 11 heavy (non-hydrogen) atoms. The van der Waals surface area contributed by atoms with Crippen LogP contribution in [0.4, 0.5) is 13.2 Å². The summed E-state index contributed by atoms with van der Waals surface area (Å²) in [7, 11) is 1.32. The Kier molecular flexibility index (Phi) is 2.05. The van der Waals surface area contributed by atoms with Crippen LogP contribution in [0.1, 0.15) is 0 Å². The second-order valence-electron chi connectivity index (χ2n) is 1.96. The zero-order valence-electron chi connectivity index (χ0n) is 5.72. The molecule has 0 aromatic rings. The fourth-order valence-electron chi connectivity index (χ4n) is 0.676. The lowest BCUT2D eigenvalue weighted by atomic mass is 10.6. The van der Waals surface area contributed by atoms with E-state index >= 15 is 0 Å². The number of hydrazine groups is 1. The summed E-state index contributed by atoms with van der Waals surface area (Å²) in [6, 6.07) is 0. The molecule has 6 heteroatoms. The van der Waals surface area contributed by atoms with Crippen molar-refractivity contribution in [3.8, 4) is 0 Å². The lowest BCUT2D eigenvalue weighted by Gasteiger charge is -2.20. The van der Waals surface area contributed by atoms with Gasteiger partial charge in [-0.05, 0) is 6.08 Å². The molecule has 0 saturated carbocycles. The molecule has 1 rings (SSSR count). The van der Waals surface area contributed by atoms with E-state index in [4.69, 9.17) is 0 Å². The zero-order valence-corrected chi connectivity index (χ0v) is 5.72. The molecule has 0 aromatic carbocycles. The maximum absolute atomic E-state index is 11.8. The Morgan fingerprint density at radius 1 is 1.55 bits per heavy atom. The van der Waals surface area contributed by atoms with Crippen molar-refractivity contribution in [1.82, 2.24) is 10.4 Å². The Hall–Kier alpha value is -0.750. The first-order valence-electron chi connectivity index (χ1n) is 2.87. The van der Waals surface area contributed by atoms with Gasteiger partial charge in [-0.25, -0.2) is 5.01 Å². The summed E-state index contributed by atoms with van der Waals surface area (Å²) in [5.41, 5.74) is 2.06. The van der Waals surface area contributed by atoms with Crippen LogP contribution in [0.15, 0.2) is 12.3 Å². The average Bonchev–Trinajstić information content (AvgIpc) is 2.32. The summed E-state index contributed by atoms with van der Waals surface area (Å²) >= 11 is 0. The molecule has 1 atom stereocenters. The zero-order chi connectivity index (χ0) is 8.48. The number of methoxy groups -OCH3 is 1. The number of nitrogens with one attached hydrogen (secondary N) is 1. The summed E-state index contributed by atoms with van der Waals surface area (Å²) in [4.78, 5) is 0. The van der Waals surface area contributed by atoms with Crippen LogP contribution in [-0.2, 0) is 4.74 Å². The molecule has 64 valence electrons. The van der Waals surface area contributed by atoms with E-state index in [0.29, 0.717) is 0 Å². The average molecular weight is 168 g/mol. The van der Waals surface area contributed by atoms with E-state index in [-0.39, 0.29) is 5.01 Å². The van der Waals surface area contributed by atoms with Crippen LogP contribution in [0, 0.1) is 0 Å². The van der Waals surface area contributed by atoms with Crippen LogP contribution < -0.4 is 5.43 Å². The SMILES string of the molecule is COC1C=CN(C(F)(F)F)N1. The number of nitrogens with zero attached hydrogens (tertiary/aromatic N) is 1. The highest BCUT2D eigenvalue weighted by atomic mass is 19.4. The van der Waals surface area contributed by atoms with Crippen molar-refractivity contribution in [3.05, 3.63) is 12.3 Å². The van der Waals surface area contributed by atoms with E-state index in [0.717, 1.165) is 6.20 Å². The van der Waals surface area contributed by atoms with E-state index in [9.17, 15) is 13.2 Å². The summed E-state index contributed by atoms with van der Waals surface area (Å²) in [6.45, 7) is 0. The van der Waals surface area contributed by atoms with Gasteiger partial charge in [0.25, 0.3) is 0 Å². The molecule has 1 N–H and O–H groups in total. The first kappa shape index (κ1) is 8.35. The lowest BCUT2D eigenvalue weighted by molar-refractivity contribution is -0.248. The minimum atomic E-state index is -4.39. The molecule has 1 aliphatic heterocycles. The second kappa shape index (κ2) is 2.71. The number of alkyl halides is 3. The molecule has 0 fully saturated rings. The largest absolute Gasteiger partial charge is 0.498 e. The molecule has 1 heterocycles. The monoisotopic (exact) mass is 168 g/mol. The highest BCUT2D eigenvalue weighted by Gasteiger charge is 2.38. The van der Waals surface area contributed by atoms with Crippen molar-refractivity contribution in [2.75, 3.05) is 7.11 Å². The highest BCUT2D eigenvalue weighted by Crippen LogP contribution is 2.22. The first-order chi connectivity index (χ1) is 5.04. The standard InChI is InChI=1S/C5H7F3N2O/c1-11-4-2-3-10(9-4)5(6,7)8/h2-4,9H,1H3. The third-order valence-electron chi connectivity index (χ3n) is 1.20. The minimum Gasteiger partial charge on any atom is -0.361 e. The van der Waals surface area contributed by atoms with Crippen LogP contribution in [0.3, 0.4) is 0 Å². The fraction of sp³-hybridized carbons (Fsp3) is 0.600.